The maximum absolute atomic E-state index is 4.99. The lowest BCUT2D eigenvalue weighted by atomic mass is 10.4. The number of rotatable bonds is 8. The highest BCUT2D eigenvalue weighted by Gasteiger charge is 2.03. The SMILES string of the molecule is CCCNCCc1nnc(CCOC)s1. The van der Waals surface area contributed by atoms with Gasteiger partial charge in [-0.25, -0.2) is 0 Å². The van der Waals surface area contributed by atoms with Gasteiger partial charge in [0.25, 0.3) is 0 Å². The molecule has 4 nitrogen and oxygen atoms in total. The van der Waals surface area contributed by atoms with Gasteiger partial charge in [-0.3, -0.25) is 0 Å². The predicted octanol–water partition coefficient (Wildman–Crippen LogP) is 1.27. The van der Waals surface area contributed by atoms with Crippen LogP contribution in [0.3, 0.4) is 0 Å². The summed E-state index contributed by atoms with van der Waals surface area (Å²) in [6.45, 7) is 4.96. The van der Waals surface area contributed by atoms with E-state index in [4.69, 9.17) is 4.74 Å². The summed E-state index contributed by atoms with van der Waals surface area (Å²) < 4.78 is 4.99. The first-order chi connectivity index (χ1) is 7.36. The van der Waals surface area contributed by atoms with E-state index in [2.05, 4.69) is 22.4 Å². The lowest BCUT2D eigenvalue weighted by molar-refractivity contribution is 0.202. The summed E-state index contributed by atoms with van der Waals surface area (Å²) >= 11 is 1.69. The Hall–Kier alpha value is -0.520. The highest BCUT2D eigenvalue weighted by molar-refractivity contribution is 7.11. The van der Waals surface area contributed by atoms with E-state index in [1.54, 1.807) is 18.4 Å². The second-order valence-electron chi connectivity index (χ2n) is 3.33. The van der Waals surface area contributed by atoms with Crippen LogP contribution in [-0.4, -0.2) is 37.0 Å². The molecule has 0 radical (unpaired) electrons. The quantitative estimate of drug-likeness (QED) is 0.682. The molecule has 0 saturated carbocycles. The zero-order valence-electron chi connectivity index (χ0n) is 9.45. The van der Waals surface area contributed by atoms with Crippen molar-refractivity contribution in [2.45, 2.75) is 26.2 Å². The molecule has 0 aliphatic rings. The molecular weight excluding hydrogens is 210 g/mol. The van der Waals surface area contributed by atoms with Gasteiger partial charge in [-0.15, -0.1) is 21.5 Å². The molecule has 15 heavy (non-hydrogen) atoms. The molecule has 1 N–H and O–H groups in total. The molecule has 0 spiro atoms. The van der Waals surface area contributed by atoms with Crippen molar-refractivity contribution >= 4 is 11.3 Å². The fourth-order valence-corrected chi connectivity index (χ4v) is 2.00. The molecule has 0 saturated heterocycles. The maximum Gasteiger partial charge on any atom is 0.119 e. The fraction of sp³-hybridized carbons (Fsp3) is 0.800. The average molecular weight is 229 g/mol. The van der Waals surface area contributed by atoms with Crippen LogP contribution in [-0.2, 0) is 17.6 Å². The molecule has 5 heteroatoms. The predicted molar refractivity (Wildman–Crippen MR) is 62.4 cm³/mol. The maximum atomic E-state index is 4.99. The standard InChI is InChI=1S/C10H19N3OS/c1-3-6-11-7-4-9-12-13-10(15-9)5-8-14-2/h11H,3-8H2,1-2H3. The van der Waals surface area contributed by atoms with Crippen LogP contribution in [0, 0.1) is 0 Å². The van der Waals surface area contributed by atoms with Crippen molar-refractivity contribution in [1.82, 2.24) is 15.5 Å². The van der Waals surface area contributed by atoms with Crippen molar-refractivity contribution < 1.29 is 4.74 Å². The second kappa shape index (κ2) is 7.73. The molecule has 0 atom stereocenters. The van der Waals surface area contributed by atoms with Gasteiger partial charge >= 0.3 is 0 Å². The fourth-order valence-electron chi connectivity index (χ4n) is 1.18. The molecule has 1 rings (SSSR count). The smallest absolute Gasteiger partial charge is 0.119 e. The largest absolute Gasteiger partial charge is 0.384 e. The van der Waals surface area contributed by atoms with Gasteiger partial charge < -0.3 is 10.1 Å². The Morgan fingerprint density at radius 3 is 2.60 bits per heavy atom. The van der Waals surface area contributed by atoms with Gasteiger partial charge in [-0.05, 0) is 13.0 Å². The molecule has 0 fully saturated rings. The highest BCUT2D eigenvalue weighted by Crippen LogP contribution is 2.10. The third-order valence-corrected chi connectivity index (χ3v) is 3.01. The van der Waals surface area contributed by atoms with Crippen molar-refractivity contribution in [2.75, 3.05) is 26.8 Å². The van der Waals surface area contributed by atoms with Gasteiger partial charge in [0.1, 0.15) is 10.0 Å². The Balaban J connectivity index is 2.20. The number of methoxy groups -OCH3 is 1. The third-order valence-electron chi connectivity index (χ3n) is 1.97. The zero-order valence-corrected chi connectivity index (χ0v) is 10.3. The van der Waals surface area contributed by atoms with Gasteiger partial charge in [0.2, 0.25) is 0 Å². The zero-order chi connectivity index (χ0) is 10.9. The minimum absolute atomic E-state index is 0.725. The lowest BCUT2D eigenvalue weighted by Gasteiger charge is -1.98. The van der Waals surface area contributed by atoms with E-state index >= 15 is 0 Å². The number of hydrogen-bond donors (Lipinski definition) is 1. The van der Waals surface area contributed by atoms with Gasteiger partial charge in [0, 0.05) is 26.5 Å². The molecule has 0 aliphatic heterocycles. The van der Waals surface area contributed by atoms with E-state index in [-0.39, 0.29) is 0 Å². The number of ether oxygens (including phenoxy) is 1. The van der Waals surface area contributed by atoms with E-state index in [1.165, 1.54) is 6.42 Å². The Morgan fingerprint density at radius 2 is 1.93 bits per heavy atom. The number of nitrogens with zero attached hydrogens (tertiary/aromatic N) is 2. The first-order valence-electron chi connectivity index (χ1n) is 5.37. The molecule has 0 unspecified atom stereocenters. The topological polar surface area (TPSA) is 47.0 Å². The molecule has 1 aromatic heterocycles. The van der Waals surface area contributed by atoms with Gasteiger partial charge in [-0.1, -0.05) is 6.92 Å². The van der Waals surface area contributed by atoms with E-state index in [0.717, 1.165) is 42.6 Å². The van der Waals surface area contributed by atoms with Crippen LogP contribution in [0.25, 0.3) is 0 Å². The summed E-state index contributed by atoms with van der Waals surface area (Å²) in [5.74, 6) is 0. The lowest BCUT2D eigenvalue weighted by Crippen LogP contribution is -2.17. The highest BCUT2D eigenvalue weighted by atomic mass is 32.1. The second-order valence-corrected chi connectivity index (χ2v) is 4.48. The number of aromatic nitrogens is 2. The van der Waals surface area contributed by atoms with Crippen molar-refractivity contribution in [3.63, 3.8) is 0 Å². The molecular formula is C10H19N3OS. The molecule has 0 aromatic carbocycles. The Bertz CT molecular complexity index is 265. The minimum atomic E-state index is 0.725. The summed E-state index contributed by atoms with van der Waals surface area (Å²) in [7, 11) is 1.70. The Kier molecular flexibility index (Phi) is 6.47. The molecule has 1 heterocycles. The molecule has 1 aromatic rings. The summed E-state index contributed by atoms with van der Waals surface area (Å²) in [5.41, 5.74) is 0. The van der Waals surface area contributed by atoms with Crippen LogP contribution in [0.1, 0.15) is 23.4 Å². The van der Waals surface area contributed by atoms with Crippen molar-refractivity contribution in [3.8, 4) is 0 Å². The van der Waals surface area contributed by atoms with E-state index in [9.17, 15) is 0 Å². The van der Waals surface area contributed by atoms with Crippen LogP contribution >= 0.6 is 11.3 Å². The average Bonchev–Trinajstić information content (AvgIpc) is 2.69. The number of hydrogen-bond acceptors (Lipinski definition) is 5. The summed E-state index contributed by atoms with van der Waals surface area (Å²) in [5, 5.41) is 13.8. The van der Waals surface area contributed by atoms with E-state index in [1.807, 2.05) is 0 Å². The monoisotopic (exact) mass is 229 g/mol. The van der Waals surface area contributed by atoms with Crippen LogP contribution in [0.4, 0.5) is 0 Å². The van der Waals surface area contributed by atoms with Gasteiger partial charge in [0.15, 0.2) is 0 Å². The molecule has 0 aliphatic carbocycles. The summed E-state index contributed by atoms with van der Waals surface area (Å²) in [6, 6.07) is 0. The number of nitrogens with one attached hydrogen (secondary N) is 1. The van der Waals surface area contributed by atoms with Crippen LogP contribution in [0.15, 0.2) is 0 Å². The Labute approximate surface area is 95.1 Å². The van der Waals surface area contributed by atoms with Crippen LogP contribution in [0.2, 0.25) is 0 Å². The van der Waals surface area contributed by atoms with Gasteiger partial charge in [0.05, 0.1) is 6.61 Å². The van der Waals surface area contributed by atoms with Gasteiger partial charge in [-0.2, -0.15) is 0 Å². The van der Waals surface area contributed by atoms with E-state index in [0.29, 0.717) is 0 Å². The first kappa shape index (κ1) is 12.5. The molecule has 0 bridgehead atoms. The van der Waals surface area contributed by atoms with Crippen molar-refractivity contribution in [2.24, 2.45) is 0 Å². The van der Waals surface area contributed by atoms with Crippen molar-refractivity contribution in [3.05, 3.63) is 10.0 Å². The van der Waals surface area contributed by atoms with Crippen molar-refractivity contribution in [1.29, 1.82) is 0 Å². The molecule has 86 valence electrons. The minimum Gasteiger partial charge on any atom is -0.384 e. The third kappa shape index (κ3) is 5.20. The Morgan fingerprint density at radius 1 is 1.20 bits per heavy atom. The van der Waals surface area contributed by atoms with Crippen LogP contribution < -0.4 is 5.32 Å². The normalized spacial score (nSPS) is 10.8. The summed E-state index contributed by atoms with van der Waals surface area (Å²) in [6.07, 6.45) is 3.02. The first-order valence-corrected chi connectivity index (χ1v) is 6.19. The molecule has 0 amide bonds. The van der Waals surface area contributed by atoms with Crippen LogP contribution in [0.5, 0.6) is 0 Å². The van der Waals surface area contributed by atoms with E-state index < -0.39 is 0 Å². The summed E-state index contributed by atoms with van der Waals surface area (Å²) in [4.78, 5) is 0.